The molecule has 0 heterocycles. The maximum absolute atomic E-state index is 11.5. The second-order valence-corrected chi connectivity index (χ2v) is 5.05. The van der Waals surface area contributed by atoms with Gasteiger partial charge < -0.3 is 5.11 Å². The maximum Gasteiger partial charge on any atom is 0.311 e. The molecular weight excluding hydrogens is 248 g/mol. The van der Waals surface area contributed by atoms with Gasteiger partial charge in [-0.15, -0.1) is 0 Å². The van der Waals surface area contributed by atoms with Crippen LogP contribution in [-0.4, -0.2) is 11.1 Å². The largest absolute Gasteiger partial charge is 0.481 e. The molecule has 0 aromatic heterocycles. The molecule has 1 aliphatic carbocycles. The van der Waals surface area contributed by atoms with Gasteiger partial charge in [0.25, 0.3) is 0 Å². The van der Waals surface area contributed by atoms with Crippen molar-refractivity contribution in [3.63, 3.8) is 0 Å². The van der Waals surface area contributed by atoms with E-state index in [2.05, 4.69) is 12.1 Å². The molecule has 2 heteroatoms. The molecular formula is C18H16O2. The minimum absolute atomic E-state index is 0.396. The molecule has 1 N–H and O–H groups in total. The summed E-state index contributed by atoms with van der Waals surface area (Å²) in [6.07, 6.45) is 1.51. The summed E-state index contributed by atoms with van der Waals surface area (Å²) in [5, 5.41) is 9.48. The molecule has 2 aromatic carbocycles. The molecule has 0 saturated carbocycles. The first-order valence-corrected chi connectivity index (χ1v) is 6.84. The van der Waals surface area contributed by atoms with Gasteiger partial charge in [-0.2, -0.15) is 0 Å². The number of hydrogen-bond donors (Lipinski definition) is 1. The Balaban J connectivity index is 2.16. The van der Waals surface area contributed by atoms with E-state index in [1.54, 1.807) is 0 Å². The smallest absolute Gasteiger partial charge is 0.311 e. The summed E-state index contributed by atoms with van der Waals surface area (Å²) in [6, 6.07) is 20.0. The van der Waals surface area contributed by atoms with Gasteiger partial charge in [-0.3, -0.25) is 4.79 Å². The van der Waals surface area contributed by atoms with Crippen molar-refractivity contribution in [3.8, 4) is 0 Å². The Morgan fingerprint density at radius 2 is 1.45 bits per heavy atom. The molecule has 3 rings (SSSR count). The standard InChI is InChI=1S/C18H16O2/c19-18(20)16-12-11-15(13-7-3-1-4-8-13)17(16)14-9-5-2-6-10-14/h1-10,16H,11-12H2,(H,19,20)/t16-/m0/s1. The van der Waals surface area contributed by atoms with E-state index in [4.69, 9.17) is 0 Å². The van der Waals surface area contributed by atoms with Crippen LogP contribution in [0.15, 0.2) is 60.7 Å². The summed E-state index contributed by atoms with van der Waals surface area (Å²) < 4.78 is 0. The summed E-state index contributed by atoms with van der Waals surface area (Å²) in [6.45, 7) is 0. The third-order valence-corrected chi connectivity index (χ3v) is 3.86. The van der Waals surface area contributed by atoms with Crippen molar-refractivity contribution in [2.24, 2.45) is 5.92 Å². The number of hydrogen-bond acceptors (Lipinski definition) is 1. The van der Waals surface area contributed by atoms with E-state index in [9.17, 15) is 9.90 Å². The average molecular weight is 264 g/mol. The molecule has 2 aromatic rings. The number of allylic oxidation sites excluding steroid dienone is 1. The van der Waals surface area contributed by atoms with E-state index in [1.165, 1.54) is 5.57 Å². The zero-order chi connectivity index (χ0) is 13.9. The number of carbonyl (C=O) groups is 1. The molecule has 1 aliphatic rings. The highest BCUT2D eigenvalue weighted by atomic mass is 16.4. The van der Waals surface area contributed by atoms with E-state index in [0.717, 1.165) is 23.1 Å². The molecule has 0 radical (unpaired) electrons. The van der Waals surface area contributed by atoms with Crippen molar-refractivity contribution < 1.29 is 9.90 Å². The quantitative estimate of drug-likeness (QED) is 0.906. The minimum Gasteiger partial charge on any atom is -0.481 e. The van der Waals surface area contributed by atoms with Gasteiger partial charge in [0, 0.05) is 0 Å². The molecule has 0 fully saturated rings. The molecule has 0 bridgehead atoms. The Labute approximate surface area is 118 Å². The summed E-state index contributed by atoms with van der Waals surface area (Å²) in [5.41, 5.74) is 4.31. The average Bonchev–Trinajstić information content (AvgIpc) is 2.94. The molecule has 0 aliphatic heterocycles. The van der Waals surface area contributed by atoms with E-state index >= 15 is 0 Å². The molecule has 100 valence electrons. The van der Waals surface area contributed by atoms with Crippen LogP contribution >= 0.6 is 0 Å². The van der Waals surface area contributed by atoms with Crippen LogP contribution in [0.1, 0.15) is 24.0 Å². The second kappa shape index (κ2) is 5.33. The highest BCUT2D eigenvalue weighted by Crippen LogP contribution is 2.43. The number of carboxylic acids is 1. The van der Waals surface area contributed by atoms with Crippen LogP contribution in [0.4, 0.5) is 0 Å². The van der Waals surface area contributed by atoms with Gasteiger partial charge in [0.15, 0.2) is 0 Å². The monoisotopic (exact) mass is 264 g/mol. The van der Waals surface area contributed by atoms with Gasteiger partial charge in [-0.1, -0.05) is 60.7 Å². The van der Waals surface area contributed by atoms with Crippen LogP contribution in [0.3, 0.4) is 0 Å². The van der Waals surface area contributed by atoms with Gasteiger partial charge in [-0.25, -0.2) is 0 Å². The first kappa shape index (κ1) is 12.7. The maximum atomic E-state index is 11.5. The fraction of sp³-hybridized carbons (Fsp3) is 0.167. The van der Waals surface area contributed by atoms with Crippen molar-refractivity contribution in [3.05, 3.63) is 71.8 Å². The van der Waals surface area contributed by atoms with Crippen molar-refractivity contribution >= 4 is 17.1 Å². The lowest BCUT2D eigenvalue weighted by Crippen LogP contribution is -2.12. The van der Waals surface area contributed by atoms with Crippen molar-refractivity contribution in [2.75, 3.05) is 0 Å². The molecule has 0 saturated heterocycles. The summed E-state index contributed by atoms with van der Waals surface area (Å²) in [7, 11) is 0. The summed E-state index contributed by atoms with van der Waals surface area (Å²) >= 11 is 0. The highest BCUT2D eigenvalue weighted by molar-refractivity contribution is 6.01. The summed E-state index contributed by atoms with van der Waals surface area (Å²) in [4.78, 5) is 11.5. The van der Waals surface area contributed by atoms with Crippen molar-refractivity contribution in [1.29, 1.82) is 0 Å². The van der Waals surface area contributed by atoms with E-state index in [1.807, 2.05) is 48.5 Å². The first-order chi connectivity index (χ1) is 9.77. The van der Waals surface area contributed by atoms with Crippen LogP contribution in [0.2, 0.25) is 0 Å². The first-order valence-electron chi connectivity index (χ1n) is 6.84. The van der Waals surface area contributed by atoms with Gasteiger partial charge in [0.1, 0.15) is 0 Å². The molecule has 2 nitrogen and oxygen atoms in total. The number of carboxylic acid groups (broad SMARTS) is 1. The van der Waals surface area contributed by atoms with Crippen molar-refractivity contribution in [2.45, 2.75) is 12.8 Å². The molecule has 20 heavy (non-hydrogen) atoms. The van der Waals surface area contributed by atoms with Crippen LogP contribution in [-0.2, 0) is 4.79 Å². The Bertz CT molecular complexity index is 642. The van der Waals surface area contributed by atoms with E-state index in [0.29, 0.717) is 6.42 Å². The summed E-state index contributed by atoms with van der Waals surface area (Å²) in [5.74, 6) is -1.12. The van der Waals surface area contributed by atoms with Gasteiger partial charge in [0.2, 0.25) is 0 Å². The SMILES string of the molecule is O=C(O)[C@H]1CCC(c2ccccc2)=C1c1ccccc1. The molecule has 0 spiro atoms. The lowest BCUT2D eigenvalue weighted by molar-refractivity contribution is -0.139. The predicted molar refractivity (Wildman–Crippen MR) is 80.1 cm³/mol. The highest BCUT2D eigenvalue weighted by Gasteiger charge is 2.32. The van der Waals surface area contributed by atoms with Crippen molar-refractivity contribution in [1.82, 2.24) is 0 Å². The normalized spacial score (nSPS) is 18.3. The van der Waals surface area contributed by atoms with Gasteiger partial charge >= 0.3 is 5.97 Å². The Hall–Kier alpha value is -2.35. The second-order valence-electron chi connectivity index (χ2n) is 5.05. The fourth-order valence-corrected chi connectivity index (χ4v) is 2.96. The van der Waals surface area contributed by atoms with Crippen LogP contribution in [0.25, 0.3) is 11.1 Å². The topological polar surface area (TPSA) is 37.3 Å². The molecule has 1 atom stereocenters. The lowest BCUT2D eigenvalue weighted by Gasteiger charge is -2.12. The van der Waals surface area contributed by atoms with Gasteiger partial charge in [-0.05, 0) is 35.1 Å². The van der Waals surface area contributed by atoms with E-state index in [-0.39, 0.29) is 0 Å². The zero-order valence-corrected chi connectivity index (χ0v) is 11.1. The van der Waals surface area contributed by atoms with Crippen LogP contribution in [0, 0.1) is 5.92 Å². The van der Waals surface area contributed by atoms with Gasteiger partial charge in [0.05, 0.1) is 5.92 Å². The predicted octanol–water partition coefficient (Wildman–Crippen LogP) is 4.09. The van der Waals surface area contributed by atoms with Crippen LogP contribution in [0.5, 0.6) is 0 Å². The lowest BCUT2D eigenvalue weighted by atomic mass is 9.92. The Kier molecular flexibility index (Phi) is 3.38. The zero-order valence-electron chi connectivity index (χ0n) is 11.1. The minimum atomic E-state index is -0.727. The van der Waals surface area contributed by atoms with Crippen LogP contribution < -0.4 is 0 Å². The van der Waals surface area contributed by atoms with E-state index < -0.39 is 11.9 Å². The third kappa shape index (κ3) is 2.25. The number of rotatable bonds is 3. The fourth-order valence-electron chi connectivity index (χ4n) is 2.96. The third-order valence-electron chi connectivity index (χ3n) is 3.86. The Morgan fingerprint density at radius 3 is 2.00 bits per heavy atom. The molecule has 0 unspecified atom stereocenters. The Morgan fingerprint density at radius 1 is 0.900 bits per heavy atom. The number of aliphatic carboxylic acids is 1. The molecule has 0 amide bonds. The number of benzene rings is 2.